The van der Waals surface area contributed by atoms with Gasteiger partial charge >= 0.3 is 0 Å². The van der Waals surface area contributed by atoms with Gasteiger partial charge in [0.05, 0.1) is 11.1 Å². The molecule has 4 heteroatoms. The number of imide groups is 1. The Morgan fingerprint density at radius 3 is 2.60 bits per heavy atom. The van der Waals surface area contributed by atoms with E-state index >= 15 is 0 Å². The highest BCUT2D eigenvalue weighted by Crippen LogP contribution is 2.28. The van der Waals surface area contributed by atoms with Crippen molar-refractivity contribution in [2.24, 2.45) is 0 Å². The van der Waals surface area contributed by atoms with Crippen LogP contribution in [0.15, 0.2) is 18.2 Å². The highest BCUT2D eigenvalue weighted by atomic mass is 79.9. The Labute approximate surface area is 96.0 Å². The van der Waals surface area contributed by atoms with Gasteiger partial charge in [-0.05, 0) is 24.1 Å². The number of hydrogen-bond donors (Lipinski definition) is 1. The second-order valence-corrected chi connectivity index (χ2v) is 4.57. The molecular formula is C11H10BrNO2. The fraction of sp³-hybridized carbons (Fsp3) is 0.273. The lowest BCUT2D eigenvalue weighted by Crippen LogP contribution is -2.19. The number of halogens is 1. The van der Waals surface area contributed by atoms with Crippen LogP contribution >= 0.6 is 15.9 Å². The molecule has 0 bridgehead atoms. The highest BCUT2D eigenvalue weighted by Gasteiger charge is 2.27. The summed E-state index contributed by atoms with van der Waals surface area (Å²) in [7, 11) is 0. The van der Waals surface area contributed by atoms with Crippen LogP contribution in [0.3, 0.4) is 0 Å². The molecule has 15 heavy (non-hydrogen) atoms. The smallest absolute Gasteiger partial charge is 0.258 e. The normalized spacial score (nSPS) is 16.1. The van der Waals surface area contributed by atoms with Gasteiger partial charge in [0.1, 0.15) is 0 Å². The molecule has 1 aliphatic rings. The summed E-state index contributed by atoms with van der Waals surface area (Å²) in [6.07, 6.45) is 0.939. The molecular weight excluding hydrogens is 258 g/mol. The van der Waals surface area contributed by atoms with Crippen molar-refractivity contribution in [1.82, 2.24) is 5.32 Å². The fourth-order valence-electron chi connectivity index (χ4n) is 1.62. The van der Waals surface area contributed by atoms with Crippen molar-refractivity contribution in [3.63, 3.8) is 0 Å². The predicted molar refractivity (Wildman–Crippen MR) is 60.2 cm³/mol. The van der Waals surface area contributed by atoms with Gasteiger partial charge in [-0.15, -0.1) is 0 Å². The van der Waals surface area contributed by atoms with Crippen LogP contribution < -0.4 is 5.32 Å². The van der Waals surface area contributed by atoms with E-state index in [9.17, 15) is 9.59 Å². The van der Waals surface area contributed by atoms with E-state index in [2.05, 4.69) is 28.2 Å². The molecule has 1 aromatic carbocycles. The second kappa shape index (κ2) is 3.77. The summed E-state index contributed by atoms with van der Waals surface area (Å²) < 4.78 is 0. The van der Waals surface area contributed by atoms with Crippen molar-refractivity contribution in [1.29, 1.82) is 0 Å². The third kappa shape index (κ3) is 1.69. The summed E-state index contributed by atoms with van der Waals surface area (Å²) in [6, 6.07) is 5.35. The van der Waals surface area contributed by atoms with E-state index in [1.807, 2.05) is 6.07 Å². The lowest BCUT2D eigenvalue weighted by molar-refractivity contribution is 0.0879. The molecule has 1 aromatic rings. The van der Waals surface area contributed by atoms with Crippen LogP contribution in [0.1, 0.15) is 44.5 Å². The number of fused-ring (bicyclic) bond motifs is 1. The summed E-state index contributed by atoms with van der Waals surface area (Å²) >= 11 is 3.51. The van der Waals surface area contributed by atoms with E-state index in [-0.39, 0.29) is 16.6 Å². The van der Waals surface area contributed by atoms with Crippen LogP contribution in [0.5, 0.6) is 0 Å². The standard InChI is InChI=1S/C11H10BrNO2/c1-2-9(12)6-3-4-7-8(5-6)11(15)13-10(7)14/h3-5,9H,2H2,1H3,(H,13,14,15). The van der Waals surface area contributed by atoms with Gasteiger partial charge in [-0.2, -0.15) is 0 Å². The predicted octanol–water partition coefficient (Wildman–Crippen LogP) is 2.42. The SMILES string of the molecule is CCC(Br)c1ccc2c(c1)C(=O)NC2=O. The first-order valence-corrected chi connectivity index (χ1v) is 5.68. The minimum atomic E-state index is -0.302. The first-order chi connectivity index (χ1) is 7.13. The summed E-state index contributed by atoms with van der Waals surface area (Å²) in [5.41, 5.74) is 1.98. The molecule has 1 aliphatic heterocycles. The molecule has 0 aromatic heterocycles. The van der Waals surface area contributed by atoms with Crippen molar-refractivity contribution in [2.45, 2.75) is 18.2 Å². The Morgan fingerprint density at radius 2 is 1.93 bits per heavy atom. The number of benzene rings is 1. The third-order valence-electron chi connectivity index (χ3n) is 2.48. The van der Waals surface area contributed by atoms with Gasteiger partial charge in [0.2, 0.25) is 0 Å². The Bertz CT molecular complexity index is 442. The van der Waals surface area contributed by atoms with E-state index in [0.717, 1.165) is 12.0 Å². The summed E-state index contributed by atoms with van der Waals surface area (Å²) in [5, 5.41) is 2.27. The Balaban J connectivity index is 2.47. The quantitative estimate of drug-likeness (QED) is 0.661. The molecule has 0 saturated carbocycles. The van der Waals surface area contributed by atoms with Crippen LogP contribution in [0.2, 0.25) is 0 Å². The van der Waals surface area contributed by atoms with E-state index in [4.69, 9.17) is 0 Å². The summed E-state index contributed by atoms with van der Waals surface area (Å²) in [6.45, 7) is 2.05. The van der Waals surface area contributed by atoms with Crippen molar-refractivity contribution in [2.75, 3.05) is 0 Å². The number of amides is 2. The number of nitrogens with one attached hydrogen (secondary N) is 1. The zero-order valence-electron chi connectivity index (χ0n) is 8.21. The van der Waals surface area contributed by atoms with Crippen LogP contribution in [0.25, 0.3) is 0 Å². The van der Waals surface area contributed by atoms with E-state index < -0.39 is 0 Å². The zero-order valence-corrected chi connectivity index (χ0v) is 9.80. The molecule has 0 spiro atoms. The van der Waals surface area contributed by atoms with Crippen molar-refractivity contribution >= 4 is 27.7 Å². The maximum Gasteiger partial charge on any atom is 0.258 e. The van der Waals surface area contributed by atoms with Gasteiger partial charge in [-0.1, -0.05) is 28.9 Å². The number of alkyl halides is 1. The Hall–Kier alpha value is -1.16. The number of carbonyl (C=O) groups excluding carboxylic acids is 2. The Kier molecular flexibility index (Phi) is 2.61. The van der Waals surface area contributed by atoms with Gasteiger partial charge in [0, 0.05) is 4.83 Å². The highest BCUT2D eigenvalue weighted by molar-refractivity contribution is 9.09. The summed E-state index contributed by atoms with van der Waals surface area (Å²) in [4.78, 5) is 22.9. The largest absolute Gasteiger partial charge is 0.288 e. The second-order valence-electron chi connectivity index (χ2n) is 3.46. The summed E-state index contributed by atoms with van der Waals surface area (Å²) in [5.74, 6) is -0.600. The molecule has 0 saturated heterocycles. The van der Waals surface area contributed by atoms with Gasteiger partial charge < -0.3 is 0 Å². The van der Waals surface area contributed by atoms with Crippen LogP contribution in [-0.4, -0.2) is 11.8 Å². The molecule has 1 unspecified atom stereocenters. The maximum absolute atomic E-state index is 11.4. The maximum atomic E-state index is 11.4. The van der Waals surface area contributed by atoms with Crippen LogP contribution in [0.4, 0.5) is 0 Å². The third-order valence-corrected chi connectivity index (χ3v) is 3.66. The molecule has 0 radical (unpaired) electrons. The van der Waals surface area contributed by atoms with E-state index in [0.29, 0.717) is 11.1 Å². The Morgan fingerprint density at radius 1 is 1.27 bits per heavy atom. The van der Waals surface area contributed by atoms with Crippen LogP contribution in [0, 0.1) is 0 Å². The van der Waals surface area contributed by atoms with Gasteiger partial charge in [-0.3, -0.25) is 14.9 Å². The van der Waals surface area contributed by atoms with Crippen LogP contribution in [-0.2, 0) is 0 Å². The molecule has 1 N–H and O–H groups in total. The molecule has 3 nitrogen and oxygen atoms in total. The van der Waals surface area contributed by atoms with Gasteiger partial charge in [0.25, 0.3) is 11.8 Å². The van der Waals surface area contributed by atoms with Crippen molar-refractivity contribution in [3.05, 3.63) is 34.9 Å². The minimum Gasteiger partial charge on any atom is -0.288 e. The monoisotopic (exact) mass is 267 g/mol. The molecule has 0 fully saturated rings. The van der Waals surface area contributed by atoms with E-state index in [1.54, 1.807) is 12.1 Å². The lowest BCUT2D eigenvalue weighted by Gasteiger charge is -2.07. The van der Waals surface area contributed by atoms with Crippen molar-refractivity contribution < 1.29 is 9.59 Å². The fourth-order valence-corrected chi connectivity index (χ4v) is 1.90. The van der Waals surface area contributed by atoms with E-state index in [1.165, 1.54) is 0 Å². The molecule has 2 amide bonds. The van der Waals surface area contributed by atoms with Gasteiger partial charge in [-0.25, -0.2) is 0 Å². The number of rotatable bonds is 2. The average molecular weight is 268 g/mol. The number of hydrogen-bond acceptors (Lipinski definition) is 2. The van der Waals surface area contributed by atoms with Crippen molar-refractivity contribution in [3.8, 4) is 0 Å². The van der Waals surface area contributed by atoms with Gasteiger partial charge in [0.15, 0.2) is 0 Å². The average Bonchev–Trinajstić information content (AvgIpc) is 2.53. The first-order valence-electron chi connectivity index (χ1n) is 4.77. The zero-order chi connectivity index (χ0) is 11.0. The minimum absolute atomic E-state index is 0.228. The molecule has 1 heterocycles. The molecule has 78 valence electrons. The lowest BCUT2D eigenvalue weighted by atomic mass is 10.0. The first kappa shape index (κ1) is 10.4. The molecule has 1 atom stereocenters. The molecule has 2 rings (SSSR count). The number of carbonyl (C=O) groups is 2. The molecule has 0 aliphatic carbocycles. The topological polar surface area (TPSA) is 46.2 Å².